The molecule has 0 aromatic carbocycles. The predicted molar refractivity (Wildman–Crippen MR) is 61.1 cm³/mol. The van der Waals surface area contributed by atoms with Gasteiger partial charge in [0.1, 0.15) is 0 Å². The first kappa shape index (κ1) is 11.8. The van der Waals surface area contributed by atoms with Crippen molar-refractivity contribution in [3.05, 3.63) is 0 Å². The Labute approximate surface area is 96.2 Å². The van der Waals surface area contributed by atoms with E-state index in [2.05, 4.69) is 15.5 Å². The molecule has 2 fully saturated rings. The molecule has 1 amide bonds. The van der Waals surface area contributed by atoms with Gasteiger partial charge in [-0.3, -0.25) is 9.69 Å². The molecule has 2 aliphatic rings. The van der Waals surface area contributed by atoms with Crippen LogP contribution in [0.25, 0.3) is 0 Å². The topological polar surface area (TPSA) is 64.6 Å². The number of hydrogen-bond donors (Lipinski definition) is 3. The molecule has 0 radical (unpaired) electrons. The molecule has 3 N–H and O–H groups in total. The van der Waals surface area contributed by atoms with Crippen molar-refractivity contribution in [2.45, 2.75) is 18.9 Å². The normalized spacial score (nSPS) is 30.8. The summed E-state index contributed by atoms with van der Waals surface area (Å²) in [6, 6.07) is 0. The molecule has 16 heavy (non-hydrogen) atoms. The van der Waals surface area contributed by atoms with Crippen LogP contribution in [0.4, 0.5) is 0 Å². The molecule has 2 rings (SSSR count). The first-order valence-electron chi connectivity index (χ1n) is 6.12. The van der Waals surface area contributed by atoms with E-state index in [1.54, 1.807) is 0 Å². The Kier molecular flexibility index (Phi) is 4.15. The van der Waals surface area contributed by atoms with E-state index in [4.69, 9.17) is 5.11 Å². The van der Waals surface area contributed by atoms with E-state index in [0.29, 0.717) is 12.5 Å². The van der Waals surface area contributed by atoms with Gasteiger partial charge in [-0.05, 0) is 18.8 Å². The van der Waals surface area contributed by atoms with Crippen molar-refractivity contribution >= 4 is 5.91 Å². The van der Waals surface area contributed by atoms with Crippen LogP contribution in [0.1, 0.15) is 12.8 Å². The van der Waals surface area contributed by atoms with Crippen molar-refractivity contribution in [3.63, 3.8) is 0 Å². The van der Waals surface area contributed by atoms with Crippen molar-refractivity contribution in [3.8, 4) is 0 Å². The van der Waals surface area contributed by atoms with Gasteiger partial charge < -0.3 is 15.7 Å². The molecule has 0 unspecified atom stereocenters. The lowest BCUT2D eigenvalue weighted by Crippen LogP contribution is -2.48. The monoisotopic (exact) mass is 227 g/mol. The second-order valence-electron chi connectivity index (χ2n) is 4.82. The average molecular weight is 227 g/mol. The van der Waals surface area contributed by atoms with Gasteiger partial charge in [0, 0.05) is 32.7 Å². The van der Waals surface area contributed by atoms with Gasteiger partial charge >= 0.3 is 0 Å². The molecule has 5 nitrogen and oxygen atoms in total. The maximum atomic E-state index is 11.6. The van der Waals surface area contributed by atoms with Crippen LogP contribution >= 0.6 is 0 Å². The molecule has 1 saturated heterocycles. The summed E-state index contributed by atoms with van der Waals surface area (Å²) in [6.45, 7) is 5.09. The van der Waals surface area contributed by atoms with Gasteiger partial charge in [-0.2, -0.15) is 0 Å². The number of aliphatic hydroxyl groups is 1. The third kappa shape index (κ3) is 3.43. The van der Waals surface area contributed by atoms with Crippen molar-refractivity contribution in [1.29, 1.82) is 0 Å². The smallest absolute Gasteiger partial charge is 0.234 e. The molecule has 1 aliphatic heterocycles. The Hall–Kier alpha value is -0.650. The molecule has 0 spiro atoms. The van der Waals surface area contributed by atoms with E-state index in [9.17, 15) is 4.79 Å². The summed E-state index contributed by atoms with van der Waals surface area (Å²) in [7, 11) is 0. The predicted octanol–water partition coefficient (Wildman–Crippen LogP) is -1.22. The van der Waals surface area contributed by atoms with Crippen LogP contribution in [0.2, 0.25) is 0 Å². The highest BCUT2D eigenvalue weighted by Gasteiger charge is 2.27. The zero-order valence-corrected chi connectivity index (χ0v) is 9.61. The van der Waals surface area contributed by atoms with E-state index < -0.39 is 0 Å². The molecular formula is C11H21N3O2. The van der Waals surface area contributed by atoms with Gasteiger partial charge in [-0.25, -0.2) is 0 Å². The van der Waals surface area contributed by atoms with Crippen LogP contribution < -0.4 is 10.6 Å². The standard InChI is InChI=1S/C11H21N3O2/c15-10-5-9(6-10)7-13-11(16)8-14-3-1-12-2-4-14/h9-10,12,15H,1-8H2,(H,13,16). The summed E-state index contributed by atoms with van der Waals surface area (Å²) in [5.41, 5.74) is 0. The number of carbonyl (C=O) groups is 1. The molecule has 1 saturated carbocycles. The summed E-state index contributed by atoms with van der Waals surface area (Å²) in [5, 5.41) is 15.3. The number of hydrogen-bond acceptors (Lipinski definition) is 4. The molecule has 5 heteroatoms. The van der Waals surface area contributed by atoms with Crippen LogP contribution in [0.3, 0.4) is 0 Å². The number of nitrogens with zero attached hydrogens (tertiary/aromatic N) is 1. The minimum Gasteiger partial charge on any atom is -0.393 e. The molecular weight excluding hydrogens is 206 g/mol. The Balaban J connectivity index is 1.57. The summed E-state index contributed by atoms with van der Waals surface area (Å²) in [5.74, 6) is 0.602. The minimum absolute atomic E-state index is 0.114. The van der Waals surface area contributed by atoms with Crippen molar-refractivity contribution in [2.75, 3.05) is 39.3 Å². The van der Waals surface area contributed by atoms with Crippen molar-refractivity contribution in [1.82, 2.24) is 15.5 Å². The quantitative estimate of drug-likeness (QED) is 0.563. The van der Waals surface area contributed by atoms with E-state index in [0.717, 1.165) is 45.6 Å². The summed E-state index contributed by atoms with van der Waals surface area (Å²) in [6.07, 6.45) is 1.55. The lowest BCUT2D eigenvalue weighted by Gasteiger charge is -2.32. The van der Waals surface area contributed by atoms with Crippen molar-refractivity contribution in [2.24, 2.45) is 5.92 Å². The van der Waals surface area contributed by atoms with Gasteiger partial charge in [0.15, 0.2) is 0 Å². The first-order chi connectivity index (χ1) is 7.74. The van der Waals surface area contributed by atoms with Crippen LogP contribution in [-0.2, 0) is 4.79 Å². The highest BCUT2D eigenvalue weighted by Crippen LogP contribution is 2.25. The first-order valence-corrected chi connectivity index (χ1v) is 6.12. The van der Waals surface area contributed by atoms with Crippen LogP contribution in [0.5, 0.6) is 0 Å². The fraction of sp³-hybridized carbons (Fsp3) is 0.909. The number of rotatable bonds is 4. The fourth-order valence-corrected chi connectivity index (χ4v) is 2.25. The largest absolute Gasteiger partial charge is 0.393 e. The minimum atomic E-state index is -0.130. The Morgan fingerprint density at radius 3 is 2.69 bits per heavy atom. The molecule has 0 aromatic heterocycles. The highest BCUT2D eigenvalue weighted by atomic mass is 16.3. The van der Waals surface area contributed by atoms with E-state index in [-0.39, 0.29) is 12.0 Å². The number of amides is 1. The molecule has 0 atom stereocenters. The van der Waals surface area contributed by atoms with Gasteiger partial charge in [-0.15, -0.1) is 0 Å². The third-order valence-corrected chi connectivity index (χ3v) is 3.38. The van der Waals surface area contributed by atoms with E-state index in [1.165, 1.54) is 0 Å². The van der Waals surface area contributed by atoms with Gasteiger partial charge in [0.2, 0.25) is 5.91 Å². The van der Waals surface area contributed by atoms with Crippen LogP contribution in [0.15, 0.2) is 0 Å². The molecule has 1 aliphatic carbocycles. The summed E-state index contributed by atoms with van der Waals surface area (Å²) in [4.78, 5) is 13.8. The van der Waals surface area contributed by atoms with Gasteiger partial charge in [0.05, 0.1) is 12.6 Å². The fourth-order valence-electron chi connectivity index (χ4n) is 2.25. The Bertz CT molecular complexity index is 235. The summed E-state index contributed by atoms with van der Waals surface area (Å²) < 4.78 is 0. The second-order valence-corrected chi connectivity index (χ2v) is 4.82. The Morgan fingerprint density at radius 2 is 2.06 bits per heavy atom. The molecule has 0 aromatic rings. The average Bonchev–Trinajstić information content (AvgIpc) is 2.24. The Morgan fingerprint density at radius 1 is 1.38 bits per heavy atom. The number of carbonyl (C=O) groups excluding carboxylic acids is 1. The maximum Gasteiger partial charge on any atom is 0.234 e. The van der Waals surface area contributed by atoms with E-state index >= 15 is 0 Å². The zero-order chi connectivity index (χ0) is 11.4. The molecule has 92 valence electrons. The second kappa shape index (κ2) is 5.61. The maximum absolute atomic E-state index is 11.6. The zero-order valence-electron chi connectivity index (χ0n) is 9.61. The lowest BCUT2D eigenvalue weighted by molar-refractivity contribution is -0.123. The van der Waals surface area contributed by atoms with E-state index in [1.807, 2.05) is 0 Å². The van der Waals surface area contributed by atoms with Crippen LogP contribution in [-0.4, -0.2) is 61.3 Å². The molecule has 1 heterocycles. The number of aliphatic hydroxyl groups excluding tert-OH is 1. The number of piperazine rings is 1. The summed E-state index contributed by atoms with van der Waals surface area (Å²) >= 11 is 0. The van der Waals surface area contributed by atoms with Crippen LogP contribution in [0, 0.1) is 5.92 Å². The SMILES string of the molecule is O=C(CN1CCNCC1)NCC1CC(O)C1. The third-order valence-electron chi connectivity index (χ3n) is 3.38. The molecule has 0 bridgehead atoms. The van der Waals surface area contributed by atoms with Crippen molar-refractivity contribution < 1.29 is 9.90 Å². The highest BCUT2D eigenvalue weighted by molar-refractivity contribution is 5.78. The number of nitrogens with one attached hydrogen (secondary N) is 2. The lowest BCUT2D eigenvalue weighted by atomic mass is 9.82. The van der Waals surface area contributed by atoms with Gasteiger partial charge in [0.25, 0.3) is 0 Å². The van der Waals surface area contributed by atoms with Gasteiger partial charge in [-0.1, -0.05) is 0 Å².